The van der Waals surface area contributed by atoms with Gasteiger partial charge < -0.3 is 9.84 Å². The number of hydrogen-bond donors (Lipinski definition) is 1. The van der Waals surface area contributed by atoms with Crippen molar-refractivity contribution < 1.29 is 14.6 Å². The van der Waals surface area contributed by atoms with Gasteiger partial charge in [0, 0.05) is 6.08 Å². The van der Waals surface area contributed by atoms with Gasteiger partial charge >= 0.3 is 5.97 Å². The molecule has 0 aliphatic rings. The van der Waals surface area contributed by atoms with Crippen LogP contribution in [-0.2, 0) is 9.53 Å². The first-order valence-corrected chi connectivity index (χ1v) is 8.80. The fourth-order valence-corrected chi connectivity index (χ4v) is 2.32. The van der Waals surface area contributed by atoms with Gasteiger partial charge in [0.1, 0.15) is 0 Å². The van der Waals surface area contributed by atoms with Gasteiger partial charge in [-0.2, -0.15) is 0 Å². The lowest BCUT2D eigenvalue weighted by atomic mass is 10.0. The minimum absolute atomic E-state index is 0.200. The zero-order chi connectivity index (χ0) is 16.5. The van der Waals surface area contributed by atoms with E-state index in [1.165, 1.54) is 58.1 Å². The average molecular weight is 310 g/mol. The van der Waals surface area contributed by atoms with Crippen LogP contribution in [0, 0.1) is 0 Å². The van der Waals surface area contributed by atoms with Crippen molar-refractivity contribution in [2.45, 2.75) is 83.7 Å². The summed E-state index contributed by atoms with van der Waals surface area (Å²) in [5.41, 5.74) is 0. The largest absolute Gasteiger partial charge is 0.466 e. The lowest BCUT2D eigenvalue weighted by Crippen LogP contribution is -2.05. The molecule has 0 bridgehead atoms. The van der Waals surface area contributed by atoms with Crippen molar-refractivity contribution >= 4 is 5.97 Å². The van der Waals surface area contributed by atoms with Crippen LogP contribution in [0.2, 0.25) is 0 Å². The van der Waals surface area contributed by atoms with E-state index in [0.29, 0.717) is 0 Å². The molecule has 0 radical (unpaired) electrons. The normalized spacial score (nSPS) is 13.0. The molecule has 0 spiro atoms. The summed E-state index contributed by atoms with van der Waals surface area (Å²) in [4.78, 5) is 10.8. The molecule has 3 heteroatoms. The molecule has 1 atom stereocenters. The molecule has 128 valence electrons. The summed E-state index contributed by atoms with van der Waals surface area (Å²) in [6.07, 6.45) is 19.6. The van der Waals surface area contributed by atoms with Crippen molar-refractivity contribution in [1.82, 2.24) is 0 Å². The number of rotatable bonds is 14. The maximum atomic E-state index is 10.8. The number of allylic oxidation sites excluding steroid dienone is 3. The first kappa shape index (κ1) is 20.9. The van der Waals surface area contributed by atoms with Crippen LogP contribution in [0.1, 0.15) is 77.6 Å². The Kier molecular flexibility index (Phi) is 15.5. The van der Waals surface area contributed by atoms with Crippen LogP contribution in [0.3, 0.4) is 0 Å². The Morgan fingerprint density at radius 3 is 2.27 bits per heavy atom. The van der Waals surface area contributed by atoms with Gasteiger partial charge in [0.15, 0.2) is 0 Å². The minimum Gasteiger partial charge on any atom is -0.466 e. The Bertz CT molecular complexity index is 308. The van der Waals surface area contributed by atoms with Crippen LogP contribution in [0.4, 0.5) is 0 Å². The van der Waals surface area contributed by atoms with E-state index in [9.17, 15) is 9.90 Å². The first-order chi connectivity index (χ1) is 10.7. The minimum atomic E-state index is -0.348. The quantitative estimate of drug-likeness (QED) is 0.214. The number of unbranched alkanes of at least 4 members (excludes halogenated alkanes) is 7. The molecule has 0 saturated heterocycles. The molecule has 0 fully saturated rings. The predicted molar refractivity (Wildman–Crippen MR) is 92.8 cm³/mol. The standard InChI is InChI=1S/C19H34O3/c1-3-4-5-6-7-8-9-12-15-18(20)16-13-10-11-14-17-19(21)22-2/h10-11,14,17-18,20H,3-9,12-13,15-16H2,1-2H3/b11-10+,17-14+. The van der Waals surface area contributed by atoms with Crippen molar-refractivity contribution in [1.29, 1.82) is 0 Å². The van der Waals surface area contributed by atoms with E-state index in [1.807, 2.05) is 12.2 Å². The molecule has 1 unspecified atom stereocenters. The topological polar surface area (TPSA) is 46.5 Å². The summed E-state index contributed by atoms with van der Waals surface area (Å²) in [5, 5.41) is 9.88. The molecular formula is C19H34O3. The third kappa shape index (κ3) is 15.3. The second-order valence-electron chi connectivity index (χ2n) is 5.81. The Hall–Kier alpha value is -1.09. The average Bonchev–Trinajstić information content (AvgIpc) is 2.52. The van der Waals surface area contributed by atoms with Crippen LogP contribution < -0.4 is 0 Å². The molecule has 3 nitrogen and oxygen atoms in total. The van der Waals surface area contributed by atoms with Gasteiger partial charge in [-0.25, -0.2) is 4.79 Å². The lowest BCUT2D eigenvalue weighted by Gasteiger charge is -2.08. The molecule has 0 amide bonds. The van der Waals surface area contributed by atoms with Gasteiger partial charge in [-0.05, 0) is 19.3 Å². The van der Waals surface area contributed by atoms with E-state index >= 15 is 0 Å². The number of esters is 1. The first-order valence-electron chi connectivity index (χ1n) is 8.80. The summed E-state index contributed by atoms with van der Waals surface area (Å²) in [6, 6.07) is 0. The van der Waals surface area contributed by atoms with E-state index in [-0.39, 0.29) is 12.1 Å². The number of aliphatic hydroxyl groups is 1. The van der Waals surface area contributed by atoms with Crippen molar-refractivity contribution in [3.05, 3.63) is 24.3 Å². The van der Waals surface area contributed by atoms with Crippen LogP contribution in [0.15, 0.2) is 24.3 Å². The molecule has 0 aliphatic carbocycles. The molecule has 0 aromatic rings. The summed E-state index contributed by atoms with van der Waals surface area (Å²) in [6.45, 7) is 2.24. The summed E-state index contributed by atoms with van der Waals surface area (Å²) < 4.78 is 4.49. The SMILES string of the molecule is CCCCCCCCCCC(O)CC/C=C/C=C/C(=O)OC. The summed E-state index contributed by atoms with van der Waals surface area (Å²) >= 11 is 0. The van der Waals surface area contributed by atoms with E-state index in [2.05, 4.69) is 11.7 Å². The predicted octanol–water partition coefficient (Wildman–Crippen LogP) is 4.94. The second-order valence-corrected chi connectivity index (χ2v) is 5.81. The highest BCUT2D eigenvalue weighted by molar-refractivity contribution is 5.82. The number of aliphatic hydroxyl groups excluding tert-OH is 1. The molecule has 0 aromatic heterocycles. The van der Waals surface area contributed by atoms with Gasteiger partial charge in [0.25, 0.3) is 0 Å². The Morgan fingerprint density at radius 2 is 1.64 bits per heavy atom. The van der Waals surface area contributed by atoms with Crippen molar-refractivity contribution in [2.75, 3.05) is 7.11 Å². The van der Waals surface area contributed by atoms with E-state index < -0.39 is 0 Å². The Labute approximate surface area is 136 Å². The maximum absolute atomic E-state index is 10.8. The molecule has 0 aliphatic heterocycles. The highest BCUT2D eigenvalue weighted by Crippen LogP contribution is 2.12. The van der Waals surface area contributed by atoms with Crippen molar-refractivity contribution in [2.24, 2.45) is 0 Å². The fraction of sp³-hybridized carbons (Fsp3) is 0.737. The van der Waals surface area contributed by atoms with Crippen molar-refractivity contribution in [3.63, 3.8) is 0 Å². The monoisotopic (exact) mass is 310 g/mol. The third-order valence-electron chi connectivity index (χ3n) is 3.74. The number of methoxy groups -OCH3 is 1. The van der Waals surface area contributed by atoms with Crippen LogP contribution in [-0.4, -0.2) is 24.3 Å². The van der Waals surface area contributed by atoms with Crippen LogP contribution >= 0.6 is 0 Å². The number of hydrogen-bond acceptors (Lipinski definition) is 3. The van der Waals surface area contributed by atoms with E-state index in [1.54, 1.807) is 6.08 Å². The Balaban J connectivity index is 3.39. The smallest absolute Gasteiger partial charge is 0.330 e. The van der Waals surface area contributed by atoms with Crippen LogP contribution in [0.5, 0.6) is 0 Å². The highest BCUT2D eigenvalue weighted by Gasteiger charge is 2.02. The third-order valence-corrected chi connectivity index (χ3v) is 3.74. The van der Waals surface area contributed by atoms with Gasteiger partial charge in [-0.1, -0.05) is 76.5 Å². The fourth-order valence-electron chi connectivity index (χ4n) is 2.32. The zero-order valence-corrected chi connectivity index (χ0v) is 14.4. The van der Waals surface area contributed by atoms with Gasteiger partial charge in [-0.15, -0.1) is 0 Å². The summed E-state index contributed by atoms with van der Waals surface area (Å²) in [7, 11) is 1.36. The highest BCUT2D eigenvalue weighted by atomic mass is 16.5. The second kappa shape index (κ2) is 16.3. The molecule has 0 rings (SSSR count). The molecular weight excluding hydrogens is 276 g/mol. The molecule has 0 heterocycles. The molecule has 0 saturated carbocycles. The van der Waals surface area contributed by atoms with Gasteiger partial charge in [0.05, 0.1) is 13.2 Å². The number of ether oxygens (including phenoxy) is 1. The number of carbonyl (C=O) groups excluding carboxylic acids is 1. The van der Waals surface area contributed by atoms with Gasteiger partial charge in [-0.3, -0.25) is 0 Å². The van der Waals surface area contributed by atoms with E-state index in [0.717, 1.165) is 25.7 Å². The molecule has 1 N–H and O–H groups in total. The maximum Gasteiger partial charge on any atom is 0.330 e. The van der Waals surface area contributed by atoms with Crippen molar-refractivity contribution in [3.8, 4) is 0 Å². The number of carbonyl (C=O) groups is 1. The molecule has 0 aromatic carbocycles. The van der Waals surface area contributed by atoms with Crippen LogP contribution in [0.25, 0.3) is 0 Å². The van der Waals surface area contributed by atoms with Gasteiger partial charge in [0.2, 0.25) is 0 Å². The Morgan fingerprint density at radius 1 is 1.00 bits per heavy atom. The molecule has 22 heavy (non-hydrogen) atoms. The summed E-state index contributed by atoms with van der Waals surface area (Å²) in [5.74, 6) is -0.348. The zero-order valence-electron chi connectivity index (χ0n) is 14.4. The van der Waals surface area contributed by atoms with E-state index in [4.69, 9.17) is 0 Å². The lowest BCUT2D eigenvalue weighted by molar-refractivity contribution is -0.134.